The lowest BCUT2D eigenvalue weighted by atomic mass is 10.0. The molecule has 3 nitrogen and oxygen atoms in total. The molecule has 1 saturated heterocycles. The summed E-state index contributed by atoms with van der Waals surface area (Å²) in [4.78, 5) is 11.4. The van der Waals surface area contributed by atoms with E-state index >= 15 is 0 Å². The Kier molecular flexibility index (Phi) is 4.83. The number of ether oxygens (including phenoxy) is 1. The third-order valence-electron chi connectivity index (χ3n) is 2.18. The van der Waals surface area contributed by atoms with Gasteiger partial charge >= 0.3 is 5.97 Å². The van der Waals surface area contributed by atoms with Crippen LogP contribution in [0.1, 0.15) is 26.2 Å². The molecular formula is C10H18NO2. The molecule has 0 saturated carbocycles. The molecule has 1 rings (SSSR count). The molecule has 0 spiro atoms. The fourth-order valence-electron chi connectivity index (χ4n) is 1.33. The van der Waals surface area contributed by atoms with Crippen molar-refractivity contribution in [3.05, 3.63) is 6.42 Å². The molecule has 1 heterocycles. The molecule has 0 bridgehead atoms. The molecule has 1 unspecified atom stereocenters. The number of piperidine rings is 1. The molecule has 1 N–H and O–H groups in total. The first kappa shape index (κ1) is 10.5. The van der Waals surface area contributed by atoms with Crippen molar-refractivity contribution in [2.75, 3.05) is 19.7 Å². The predicted octanol–water partition coefficient (Wildman–Crippen LogP) is 1.14. The van der Waals surface area contributed by atoms with Crippen LogP contribution >= 0.6 is 0 Å². The van der Waals surface area contributed by atoms with E-state index in [4.69, 9.17) is 4.74 Å². The quantitative estimate of drug-likeness (QED) is 0.526. The van der Waals surface area contributed by atoms with Gasteiger partial charge in [-0.25, -0.2) is 0 Å². The highest BCUT2D eigenvalue weighted by Gasteiger charge is 2.21. The Morgan fingerprint density at radius 3 is 3.15 bits per heavy atom. The lowest BCUT2D eigenvalue weighted by Crippen LogP contribution is -2.35. The smallest absolute Gasteiger partial charge is 0.310 e. The van der Waals surface area contributed by atoms with E-state index in [-0.39, 0.29) is 11.9 Å². The molecule has 1 atom stereocenters. The number of hydrogen-bond donors (Lipinski definition) is 1. The number of esters is 1. The second-order valence-corrected chi connectivity index (χ2v) is 3.36. The Labute approximate surface area is 79.8 Å². The van der Waals surface area contributed by atoms with Crippen molar-refractivity contribution < 1.29 is 9.53 Å². The molecule has 1 fully saturated rings. The molecule has 1 aliphatic rings. The number of unbranched alkanes of at least 4 members (excludes halogenated alkanes) is 1. The summed E-state index contributed by atoms with van der Waals surface area (Å²) < 4.78 is 5.11. The van der Waals surface area contributed by atoms with Crippen LogP contribution in [0.25, 0.3) is 0 Å². The minimum Gasteiger partial charge on any atom is -0.465 e. The first-order valence-corrected chi connectivity index (χ1v) is 5.05. The number of carbonyl (C=O) groups is 1. The van der Waals surface area contributed by atoms with E-state index in [0.717, 1.165) is 32.4 Å². The van der Waals surface area contributed by atoms with Crippen LogP contribution in [0.3, 0.4) is 0 Å². The summed E-state index contributed by atoms with van der Waals surface area (Å²) in [7, 11) is 0. The van der Waals surface area contributed by atoms with Crippen LogP contribution in [0.4, 0.5) is 0 Å². The molecule has 75 valence electrons. The van der Waals surface area contributed by atoms with Crippen molar-refractivity contribution in [1.29, 1.82) is 0 Å². The van der Waals surface area contributed by atoms with Gasteiger partial charge in [0.1, 0.15) is 0 Å². The second kappa shape index (κ2) is 5.97. The summed E-state index contributed by atoms with van der Waals surface area (Å²) in [6.45, 7) is 4.38. The second-order valence-electron chi connectivity index (χ2n) is 3.36. The average Bonchev–Trinajstić information content (AvgIpc) is 2.19. The average molecular weight is 184 g/mol. The third-order valence-corrected chi connectivity index (χ3v) is 2.18. The van der Waals surface area contributed by atoms with Gasteiger partial charge in [0.15, 0.2) is 0 Å². The Morgan fingerprint density at radius 1 is 1.69 bits per heavy atom. The maximum atomic E-state index is 11.4. The van der Waals surface area contributed by atoms with Gasteiger partial charge in [-0.15, -0.1) is 0 Å². The SMILES string of the molecule is CCCCOC(=O)C1[CH]CCNC1. The van der Waals surface area contributed by atoms with Crippen LogP contribution in [-0.2, 0) is 9.53 Å². The van der Waals surface area contributed by atoms with Crippen molar-refractivity contribution in [2.45, 2.75) is 26.2 Å². The summed E-state index contributed by atoms with van der Waals surface area (Å²) in [5.74, 6) is -0.0914. The monoisotopic (exact) mass is 184 g/mol. The highest BCUT2D eigenvalue weighted by molar-refractivity contribution is 5.74. The van der Waals surface area contributed by atoms with Gasteiger partial charge < -0.3 is 10.1 Å². The lowest BCUT2D eigenvalue weighted by molar-refractivity contribution is -0.147. The minimum absolute atomic E-state index is 0.0226. The van der Waals surface area contributed by atoms with Gasteiger partial charge in [-0.1, -0.05) is 13.3 Å². The lowest BCUT2D eigenvalue weighted by Gasteiger charge is -2.20. The van der Waals surface area contributed by atoms with Crippen LogP contribution in [0, 0.1) is 12.3 Å². The Bertz CT molecular complexity index is 153. The fourth-order valence-corrected chi connectivity index (χ4v) is 1.33. The van der Waals surface area contributed by atoms with Crippen LogP contribution in [-0.4, -0.2) is 25.7 Å². The van der Waals surface area contributed by atoms with Crippen LogP contribution in [0.15, 0.2) is 0 Å². The molecular weight excluding hydrogens is 166 g/mol. The molecule has 0 amide bonds. The Morgan fingerprint density at radius 2 is 2.54 bits per heavy atom. The highest BCUT2D eigenvalue weighted by Crippen LogP contribution is 2.10. The summed E-state index contributed by atoms with van der Waals surface area (Å²) in [5, 5.41) is 3.17. The molecule has 0 aromatic carbocycles. The van der Waals surface area contributed by atoms with Crippen molar-refractivity contribution in [2.24, 2.45) is 5.92 Å². The van der Waals surface area contributed by atoms with Gasteiger partial charge in [0.05, 0.1) is 12.5 Å². The van der Waals surface area contributed by atoms with Crippen LogP contribution < -0.4 is 5.32 Å². The normalized spacial score (nSPS) is 22.7. The molecule has 1 aliphatic heterocycles. The number of carbonyl (C=O) groups excluding carboxylic acids is 1. The molecule has 3 heteroatoms. The molecule has 1 radical (unpaired) electrons. The standard InChI is InChI=1S/C10H18NO2/c1-2-3-7-13-10(12)9-5-4-6-11-8-9/h5,9,11H,2-4,6-8H2,1H3. The number of hydrogen-bond acceptors (Lipinski definition) is 3. The minimum atomic E-state index is -0.0688. The van der Waals surface area contributed by atoms with E-state index in [1.165, 1.54) is 0 Å². The van der Waals surface area contributed by atoms with Gasteiger partial charge in [0.2, 0.25) is 0 Å². The van der Waals surface area contributed by atoms with Crippen molar-refractivity contribution in [3.8, 4) is 0 Å². The first-order valence-electron chi connectivity index (χ1n) is 5.05. The Balaban J connectivity index is 2.13. The van der Waals surface area contributed by atoms with E-state index < -0.39 is 0 Å². The molecule has 13 heavy (non-hydrogen) atoms. The molecule has 0 aromatic heterocycles. The Hall–Kier alpha value is -0.570. The zero-order valence-corrected chi connectivity index (χ0v) is 8.21. The van der Waals surface area contributed by atoms with Crippen LogP contribution in [0.5, 0.6) is 0 Å². The van der Waals surface area contributed by atoms with Crippen molar-refractivity contribution >= 4 is 5.97 Å². The highest BCUT2D eigenvalue weighted by atomic mass is 16.5. The maximum absolute atomic E-state index is 11.4. The van der Waals surface area contributed by atoms with Crippen molar-refractivity contribution in [3.63, 3.8) is 0 Å². The topological polar surface area (TPSA) is 38.3 Å². The fraction of sp³-hybridized carbons (Fsp3) is 0.800. The number of nitrogens with one attached hydrogen (secondary N) is 1. The third kappa shape index (κ3) is 3.77. The number of rotatable bonds is 4. The molecule has 0 aromatic rings. The molecule has 0 aliphatic carbocycles. The zero-order valence-electron chi connectivity index (χ0n) is 8.21. The first-order chi connectivity index (χ1) is 6.34. The maximum Gasteiger partial charge on any atom is 0.310 e. The van der Waals surface area contributed by atoms with Gasteiger partial charge in [-0.3, -0.25) is 4.79 Å². The van der Waals surface area contributed by atoms with Crippen LogP contribution in [0.2, 0.25) is 0 Å². The summed E-state index contributed by atoms with van der Waals surface area (Å²) in [6.07, 6.45) is 5.05. The summed E-state index contributed by atoms with van der Waals surface area (Å²) in [6, 6.07) is 0. The largest absolute Gasteiger partial charge is 0.465 e. The van der Waals surface area contributed by atoms with E-state index in [2.05, 4.69) is 12.2 Å². The van der Waals surface area contributed by atoms with E-state index in [9.17, 15) is 4.79 Å². The van der Waals surface area contributed by atoms with Gasteiger partial charge in [-0.05, 0) is 25.8 Å². The van der Waals surface area contributed by atoms with E-state index in [1.807, 2.05) is 6.42 Å². The van der Waals surface area contributed by atoms with Gasteiger partial charge in [0.25, 0.3) is 0 Å². The zero-order chi connectivity index (χ0) is 9.52. The van der Waals surface area contributed by atoms with E-state index in [0.29, 0.717) is 6.61 Å². The van der Waals surface area contributed by atoms with Crippen molar-refractivity contribution in [1.82, 2.24) is 5.32 Å². The van der Waals surface area contributed by atoms with Gasteiger partial charge in [0, 0.05) is 6.54 Å². The summed E-state index contributed by atoms with van der Waals surface area (Å²) in [5.41, 5.74) is 0. The predicted molar refractivity (Wildman–Crippen MR) is 51.1 cm³/mol. The van der Waals surface area contributed by atoms with Gasteiger partial charge in [-0.2, -0.15) is 0 Å². The van der Waals surface area contributed by atoms with E-state index in [1.54, 1.807) is 0 Å². The summed E-state index contributed by atoms with van der Waals surface area (Å²) >= 11 is 0.